The van der Waals surface area contributed by atoms with Crippen LogP contribution >= 0.6 is 0 Å². The molecule has 0 amide bonds. The second-order valence-corrected chi connectivity index (χ2v) is 4.93. The van der Waals surface area contributed by atoms with Crippen LogP contribution in [0.2, 0.25) is 0 Å². The highest BCUT2D eigenvalue weighted by atomic mass is 16.5. The van der Waals surface area contributed by atoms with Crippen LogP contribution in [0.15, 0.2) is 30.3 Å². The van der Waals surface area contributed by atoms with Crippen LogP contribution in [-0.4, -0.2) is 36.9 Å². The number of para-hydroxylation sites is 1. The van der Waals surface area contributed by atoms with E-state index in [9.17, 15) is 5.11 Å². The average Bonchev–Trinajstić information content (AvgIpc) is 2.74. The van der Waals surface area contributed by atoms with Crippen LogP contribution in [0.3, 0.4) is 0 Å². The standard InChI is InChI=1S/C14H21NO2/c1-12-6-5-9-15(12)10-13(16)11-17-14-7-3-2-4-8-14/h2-4,7-8,12-13,16H,5-6,9-11H2,1H3/p+1/t12-,13+/m1/s1. The summed E-state index contributed by atoms with van der Waals surface area (Å²) >= 11 is 0. The molecule has 3 heteroatoms. The van der Waals surface area contributed by atoms with Crippen molar-refractivity contribution in [2.75, 3.05) is 19.7 Å². The molecule has 1 aromatic carbocycles. The zero-order valence-electron chi connectivity index (χ0n) is 10.4. The molecular formula is C14H22NO2+. The molecule has 0 spiro atoms. The van der Waals surface area contributed by atoms with Crippen molar-refractivity contribution in [1.29, 1.82) is 0 Å². The van der Waals surface area contributed by atoms with Crippen molar-refractivity contribution in [1.82, 2.24) is 0 Å². The molecule has 94 valence electrons. The number of hydrogen-bond donors (Lipinski definition) is 2. The highest BCUT2D eigenvalue weighted by molar-refractivity contribution is 5.20. The Morgan fingerprint density at radius 2 is 2.18 bits per heavy atom. The minimum absolute atomic E-state index is 0.370. The monoisotopic (exact) mass is 236 g/mol. The normalized spacial score (nSPS) is 25.8. The van der Waals surface area contributed by atoms with E-state index in [1.165, 1.54) is 24.3 Å². The first-order valence-corrected chi connectivity index (χ1v) is 6.46. The maximum absolute atomic E-state index is 9.94. The number of quaternary nitrogens is 1. The first-order valence-electron chi connectivity index (χ1n) is 6.46. The van der Waals surface area contributed by atoms with Gasteiger partial charge in [0.15, 0.2) is 0 Å². The molecule has 1 unspecified atom stereocenters. The van der Waals surface area contributed by atoms with Gasteiger partial charge in [0.2, 0.25) is 0 Å². The fourth-order valence-corrected chi connectivity index (χ4v) is 2.46. The van der Waals surface area contributed by atoms with Gasteiger partial charge in [-0.15, -0.1) is 0 Å². The lowest BCUT2D eigenvalue weighted by atomic mass is 10.2. The van der Waals surface area contributed by atoms with Gasteiger partial charge in [0.1, 0.15) is 25.0 Å². The van der Waals surface area contributed by atoms with Gasteiger partial charge in [-0.05, 0) is 19.1 Å². The first kappa shape index (κ1) is 12.4. The minimum atomic E-state index is -0.370. The SMILES string of the molecule is C[C@@H]1CCC[NH+]1C[C@H](O)COc1ccccc1. The first-order chi connectivity index (χ1) is 8.25. The molecule has 1 heterocycles. The fraction of sp³-hybridized carbons (Fsp3) is 0.571. The lowest BCUT2D eigenvalue weighted by molar-refractivity contribution is -0.913. The number of nitrogens with one attached hydrogen (secondary N) is 1. The van der Waals surface area contributed by atoms with Gasteiger partial charge in [0.25, 0.3) is 0 Å². The molecule has 1 fully saturated rings. The summed E-state index contributed by atoms with van der Waals surface area (Å²) in [5.41, 5.74) is 0. The summed E-state index contributed by atoms with van der Waals surface area (Å²) in [5.74, 6) is 0.830. The van der Waals surface area contributed by atoms with E-state index in [1.54, 1.807) is 0 Å². The van der Waals surface area contributed by atoms with Gasteiger partial charge in [-0.25, -0.2) is 0 Å². The van der Waals surface area contributed by atoms with Gasteiger partial charge in [0, 0.05) is 12.8 Å². The number of likely N-dealkylation sites (tertiary alicyclic amines) is 1. The molecule has 0 saturated carbocycles. The van der Waals surface area contributed by atoms with E-state index in [1.807, 2.05) is 30.3 Å². The zero-order chi connectivity index (χ0) is 12.1. The predicted molar refractivity (Wildman–Crippen MR) is 67.3 cm³/mol. The number of ether oxygens (including phenoxy) is 1. The molecule has 3 atom stereocenters. The van der Waals surface area contributed by atoms with E-state index < -0.39 is 0 Å². The Kier molecular flexibility index (Phi) is 4.40. The van der Waals surface area contributed by atoms with Crippen LogP contribution in [0.25, 0.3) is 0 Å². The van der Waals surface area contributed by atoms with Crippen LogP contribution in [0.4, 0.5) is 0 Å². The van der Waals surface area contributed by atoms with Crippen molar-refractivity contribution < 1.29 is 14.7 Å². The molecule has 2 rings (SSSR count). The molecule has 2 N–H and O–H groups in total. The molecule has 0 radical (unpaired) electrons. The molecule has 0 aliphatic carbocycles. The van der Waals surface area contributed by atoms with E-state index in [-0.39, 0.29) is 6.10 Å². The van der Waals surface area contributed by atoms with Gasteiger partial charge >= 0.3 is 0 Å². The van der Waals surface area contributed by atoms with E-state index in [0.29, 0.717) is 12.6 Å². The highest BCUT2D eigenvalue weighted by Crippen LogP contribution is 2.08. The number of aliphatic hydroxyl groups excluding tert-OH is 1. The lowest BCUT2D eigenvalue weighted by Gasteiger charge is -2.21. The highest BCUT2D eigenvalue weighted by Gasteiger charge is 2.26. The molecule has 1 aliphatic rings. The Bertz CT molecular complexity index is 328. The third-order valence-corrected chi connectivity index (χ3v) is 3.52. The van der Waals surface area contributed by atoms with Gasteiger partial charge in [0.05, 0.1) is 12.6 Å². The second kappa shape index (κ2) is 6.03. The number of aliphatic hydroxyl groups is 1. The van der Waals surface area contributed by atoms with Gasteiger partial charge in [-0.1, -0.05) is 18.2 Å². The van der Waals surface area contributed by atoms with Crippen LogP contribution in [0.1, 0.15) is 19.8 Å². The second-order valence-electron chi connectivity index (χ2n) is 4.93. The predicted octanol–water partition coefficient (Wildman–Crippen LogP) is 0.494. The smallest absolute Gasteiger partial charge is 0.137 e. The summed E-state index contributed by atoms with van der Waals surface area (Å²) < 4.78 is 5.55. The molecule has 17 heavy (non-hydrogen) atoms. The molecule has 1 aromatic rings. The topological polar surface area (TPSA) is 33.9 Å². The van der Waals surface area contributed by atoms with Gasteiger partial charge in [-0.3, -0.25) is 0 Å². The summed E-state index contributed by atoms with van der Waals surface area (Å²) in [7, 11) is 0. The Morgan fingerprint density at radius 1 is 1.41 bits per heavy atom. The Hall–Kier alpha value is -1.06. The maximum Gasteiger partial charge on any atom is 0.137 e. The fourth-order valence-electron chi connectivity index (χ4n) is 2.46. The minimum Gasteiger partial charge on any atom is -0.491 e. The van der Waals surface area contributed by atoms with Crippen molar-refractivity contribution in [3.63, 3.8) is 0 Å². The maximum atomic E-state index is 9.94. The van der Waals surface area contributed by atoms with Crippen LogP contribution in [0.5, 0.6) is 5.75 Å². The van der Waals surface area contributed by atoms with E-state index in [4.69, 9.17) is 4.74 Å². The zero-order valence-corrected chi connectivity index (χ0v) is 10.4. The lowest BCUT2D eigenvalue weighted by Crippen LogP contribution is -3.14. The van der Waals surface area contributed by atoms with Crippen molar-refractivity contribution in [3.05, 3.63) is 30.3 Å². The van der Waals surface area contributed by atoms with Crippen LogP contribution < -0.4 is 9.64 Å². The molecule has 0 bridgehead atoms. The van der Waals surface area contributed by atoms with Gasteiger partial charge < -0.3 is 14.7 Å². The summed E-state index contributed by atoms with van der Waals surface area (Å²) in [5, 5.41) is 9.94. The Labute approximate surface area is 103 Å². The average molecular weight is 236 g/mol. The number of hydrogen-bond acceptors (Lipinski definition) is 2. The van der Waals surface area contributed by atoms with E-state index in [2.05, 4.69) is 6.92 Å². The third kappa shape index (κ3) is 3.72. The quantitative estimate of drug-likeness (QED) is 0.780. The molecular weight excluding hydrogens is 214 g/mol. The summed E-state index contributed by atoms with van der Waals surface area (Å²) in [4.78, 5) is 1.51. The molecule has 1 saturated heterocycles. The van der Waals surface area contributed by atoms with Crippen molar-refractivity contribution in [2.24, 2.45) is 0 Å². The Morgan fingerprint density at radius 3 is 2.82 bits per heavy atom. The Balaban J connectivity index is 1.72. The third-order valence-electron chi connectivity index (χ3n) is 3.52. The number of benzene rings is 1. The summed E-state index contributed by atoms with van der Waals surface area (Å²) in [6.07, 6.45) is 2.19. The van der Waals surface area contributed by atoms with E-state index in [0.717, 1.165) is 12.3 Å². The molecule has 1 aliphatic heterocycles. The molecule has 3 nitrogen and oxygen atoms in total. The molecule has 0 aromatic heterocycles. The summed E-state index contributed by atoms with van der Waals surface area (Å²) in [6.45, 7) is 4.63. The van der Waals surface area contributed by atoms with Crippen molar-refractivity contribution in [2.45, 2.75) is 31.9 Å². The van der Waals surface area contributed by atoms with Crippen molar-refractivity contribution >= 4 is 0 Å². The number of rotatable bonds is 5. The van der Waals surface area contributed by atoms with Crippen molar-refractivity contribution in [3.8, 4) is 5.75 Å². The van der Waals surface area contributed by atoms with Crippen LogP contribution in [-0.2, 0) is 0 Å². The summed E-state index contributed by atoms with van der Waals surface area (Å²) in [6, 6.07) is 10.3. The van der Waals surface area contributed by atoms with E-state index >= 15 is 0 Å². The largest absolute Gasteiger partial charge is 0.491 e. The van der Waals surface area contributed by atoms with Crippen LogP contribution in [0, 0.1) is 0 Å². The van der Waals surface area contributed by atoms with Gasteiger partial charge in [-0.2, -0.15) is 0 Å².